The third kappa shape index (κ3) is 2.82. The molecule has 1 saturated carbocycles. The number of hydrogen-bond acceptors (Lipinski definition) is 3. The van der Waals surface area contributed by atoms with Gasteiger partial charge in [-0.3, -0.25) is 9.59 Å². The van der Waals surface area contributed by atoms with E-state index in [9.17, 15) is 9.59 Å². The van der Waals surface area contributed by atoms with Gasteiger partial charge in [-0.2, -0.15) is 0 Å². The van der Waals surface area contributed by atoms with Crippen LogP contribution in [0, 0.1) is 11.8 Å². The van der Waals surface area contributed by atoms with Gasteiger partial charge in [-0.05, 0) is 51.8 Å². The van der Waals surface area contributed by atoms with Crippen LogP contribution in [0.2, 0.25) is 0 Å². The van der Waals surface area contributed by atoms with E-state index in [0.29, 0.717) is 24.1 Å². The van der Waals surface area contributed by atoms with E-state index in [1.54, 1.807) is 16.8 Å². The van der Waals surface area contributed by atoms with E-state index in [1.807, 2.05) is 11.8 Å². The molecule has 1 saturated heterocycles. The molecule has 1 aromatic heterocycles. The zero-order valence-corrected chi connectivity index (χ0v) is 13.7. The first-order valence-electron chi connectivity index (χ1n) is 8.17. The lowest BCUT2D eigenvalue weighted by atomic mass is 9.97. The molecule has 0 radical (unpaired) electrons. The van der Waals surface area contributed by atoms with Crippen LogP contribution in [-0.2, 0) is 6.54 Å². The number of hydrogen-bond donors (Lipinski definition) is 0. The highest BCUT2D eigenvalue weighted by atomic mass is 16.2. The molecule has 0 unspecified atom stereocenters. The summed E-state index contributed by atoms with van der Waals surface area (Å²) in [5.74, 6) is 1.35. The molecule has 22 heavy (non-hydrogen) atoms. The molecule has 2 fully saturated rings. The summed E-state index contributed by atoms with van der Waals surface area (Å²) in [6.07, 6.45) is 4.31. The van der Waals surface area contributed by atoms with Gasteiger partial charge in [0.25, 0.3) is 11.5 Å². The number of carbonyl (C=O) groups excluding carboxylic acids is 1. The number of likely N-dealkylation sites (N-methyl/N-ethyl adjacent to an activating group) is 1. The van der Waals surface area contributed by atoms with Crippen LogP contribution in [0.15, 0.2) is 23.1 Å². The molecule has 2 aliphatic rings. The standard InChI is InChI=1S/C17H25N3O2/c1-4-19-8-7-13(9-16(19)21)17(22)20-10-14(12-5-6-12)15(11-20)18(2)3/h7-9,12,14-15H,4-6,10-11H2,1-3H3/t14-,15+/m0/s1. The molecular weight excluding hydrogens is 278 g/mol. The number of amides is 1. The zero-order chi connectivity index (χ0) is 15.9. The average molecular weight is 303 g/mol. The van der Waals surface area contributed by atoms with Crippen molar-refractivity contribution in [1.82, 2.24) is 14.4 Å². The maximum Gasteiger partial charge on any atom is 0.254 e. The first-order chi connectivity index (χ1) is 10.5. The highest BCUT2D eigenvalue weighted by Crippen LogP contribution is 2.42. The highest BCUT2D eigenvalue weighted by molar-refractivity contribution is 5.94. The van der Waals surface area contributed by atoms with Gasteiger partial charge in [-0.1, -0.05) is 0 Å². The number of carbonyl (C=O) groups is 1. The summed E-state index contributed by atoms with van der Waals surface area (Å²) in [5.41, 5.74) is 0.416. The third-order valence-electron chi connectivity index (χ3n) is 5.09. The van der Waals surface area contributed by atoms with Gasteiger partial charge in [-0.25, -0.2) is 0 Å². The molecule has 0 bridgehead atoms. The monoisotopic (exact) mass is 303 g/mol. The molecule has 1 amide bonds. The van der Waals surface area contributed by atoms with Crippen LogP contribution in [0.1, 0.15) is 30.1 Å². The second kappa shape index (κ2) is 5.88. The van der Waals surface area contributed by atoms with Crippen molar-refractivity contribution in [2.45, 2.75) is 32.4 Å². The highest BCUT2D eigenvalue weighted by Gasteiger charge is 2.44. The summed E-state index contributed by atoms with van der Waals surface area (Å²) in [7, 11) is 4.19. The van der Waals surface area contributed by atoms with Crippen LogP contribution in [0.3, 0.4) is 0 Å². The maximum atomic E-state index is 12.7. The fourth-order valence-corrected chi connectivity index (χ4v) is 3.60. The van der Waals surface area contributed by atoms with Crippen molar-refractivity contribution in [2.24, 2.45) is 11.8 Å². The van der Waals surface area contributed by atoms with Crippen molar-refractivity contribution < 1.29 is 4.79 Å². The van der Waals surface area contributed by atoms with E-state index in [-0.39, 0.29) is 11.5 Å². The number of nitrogens with zero attached hydrogens (tertiary/aromatic N) is 3. The topological polar surface area (TPSA) is 45.6 Å². The number of rotatable bonds is 4. The second-order valence-electron chi connectivity index (χ2n) is 6.78. The van der Waals surface area contributed by atoms with Crippen molar-refractivity contribution in [2.75, 3.05) is 27.2 Å². The Morgan fingerprint density at radius 3 is 2.59 bits per heavy atom. The Bertz CT molecular complexity index is 609. The van der Waals surface area contributed by atoms with Crippen molar-refractivity contribution in [1.29, 1.82) is 0 Å². The van der Waals surface area contributed by atoms with Crippen molar-refractivity contribution in [3.05, 3.63) is 34.2 Å². The maximum absolute atomic E-state index is 12.7. The largest absolute Gasteiger partial charge is 0.337 e. The molecule has 1 aliphatic heterocycles. The Labute approximate surface area is 131 Å². The van der Waals surface area contributed by atoms with Crippen LogP contribution >= 0.6 is 0 Å². The van der Waals surface area contributed by atoms with E-state index in [0.717, 1.165) is 19.0 Å². The minimum absolute atomic E-state index is 0.00430. The molecule has 2 atom stereocenters. The zero-order valence-electron chi connectivity index (χ0n) is 13.7. The molecule has 0 aromatic carbocycles. The van der Waals surface area contributed by atoms with E-state index in [4.69, 9.17) is 0 Å². The fraction of sp³-hybridized carbons (Fsp3) is 0.647. The van der Waals surface area contributed by atoms with Crippen LogP contribution in [0.25, 0.3) is 0 Å². The number of likely N-dealkylation sites (tertiary alicyclic amines) is 1. The van der Waals surface area contributed by atoms with Crippen molar-refractivity contribution >= 4 is 5.91 Å². The van der Waals surface area contributed by atoms with Gasteiger partial charge in [0, 0.05) is 43.5 Å². The molecule has 2 heterocycles. The quantitative estimate of drug-likeness (QED) is 0.842. The minimum atomic E-state index is -0.101. The SMILES string of the molecule is CCn1ccc(C(=O)N2C[C@@H](N(C)C)[C@H](C3CC3)C2)cc1=O. The molecule has 120 valence electrons. The average Bonchev–Trinajstić information content (AvgIpc) is 3.24. The Hall–Kier alpha value is -1.62. The molecule has 1 aliphatic carbocycles. The van der Waals surface area contributed by atoms with Gasteiger partial charge in [0.05, 0.1) is 0 Å². The Morgan fingerprint density at radius 1 is 1.32 bits per heavy atom. The first kappa shape index (κ1) is 15.3. The summed E-state index contributed by atoms with van der Waals surface area (Å²) in [6.45, 7) is 4.14. The predicted molar refractivity (Wildman–Crippen MR) is 86.0 cm³/mol. The van der Waals surface area contributed by atoms with Gasteiger partial charge in [0.15, 0.2) is 0 Å². The molecule has 1 aromatic rings. The summed E-state index contributed by atoms with van der Waals surface area (Å²) >= 11 is 0. The second-order valence-corrected chi connectivity index (χ2v) is 6.78. The lowest BCUT2D eigenvalue weighted by molar-refractivity contribution is 0.0780. The summed E-state index contributed by atoms with van der Waals surface area (Å²) in [6, 6.07) is 3.68. The lowest BCUT2D eigenvalue weighted by Crippen LogP contribution is -2.37. The predicted octanol–water partition coefficient (Wildman–Crippen LogP) is 1.28. The molecule has 3 rings (SSSR count). The lowest BCUT2D eigenvalue weighted by Gasteiger charge is -2.24. The Morgan fingerprint density at radius 2 is 2.05 bits per heavy atom. The first-order valence-corrected chi connectivity index (χ1v) is 8.17. The van der Waals surface area contributed by atoms with Crippen molar-refractivity contribution in [3.63, 3.8) is 0 Å². The summed E-state index contributed by atoms with van der Waals surface area (Å²) in [5, 5.41) is 0. The van der Waals surface area contributed by atoms with Crippen LogP contribution in [0.5, 0.6) is 0 Å². The summed E-state index contributed by atoms with van der Waals surface area (Å²) < 4.78 is 1.61. The van der Waals surface area contributed by atoms with E-state index >= 15 is 0 Å². The normalized spacial score (nSPS) is 25.0. The molecule has 5 nitrogen and oxygen atoms in total. The van der Waals surface area contributed by atoms with Crippen LogP contribution < -0.4 is 5.56 Å². The van der Waals surface area contributed by atoms with Gasteiger partial charge >= 0.3 is 0 Å². The number of aryl methyl sites for hydroxylation is 1. The van der Waals surface area contributed by atoms with E-state index in [2.05, 4.69) is 19.0 Å². The smallest absolute Gasteiger partial charge is 0.254 e. The van der Waals surface area contributed by atoms with E-state index in [1.165, 1.54) is 18.9 Å². The molecule has 0 spiro atoms. The van der Waals surface area contributed by atoms with Crippen LogP contribution in [-0.4, -0.2) is 53.5 Å². The van der Waals surface area contributed by atoms with Crippen LogP contribution in [0.4, 0.5) is 0 Å². The molecular formula is C17H25N3O2. The summed E-state index contributed by atoms with van der Waals surface area (Å²) in [4.78, 5) is 28.8. The Balaban J connectivity index is 1.78. The van der Waals surface area contributed by atoms with E-state index < -0.39 is 0 Å². The van der Waals surface area contributed by atoms with Gasteiger partial charge < -0.3 is 14.4 Å². The van der Waals surface area contributed by atoms with Crippen molar-refractivity contribution in [3.8, 4) is 0 Å². The van der Waals surface area contributed by atoms with Gasteiger partial charge in [0.2, 0.25) is 0 Å². The van der Waals surface area contributed by atoms with Gasteiger partial charge in [0.1, 0.15) is 0 Å². The van der Waals surface area contributed by atoms with Gasteiger partial charge in [-0.15, -0.1) is 0 Å². The minimum Gasteiger partial charge on any atom is -0.337 e. The molecule has 0 N–H and O–H groups in total. The number of aromatic nitrogens is 1. The Kier molecular flexibility index (Phi) is 4.08. The fourth-order valence-electron chi connectivity index (χ4n) is 3.60. The third-order valence-corrected chi connectivity index (χ3v) is 5.09. The number of pyridine rings is 1. The molecule has 5 heteroatoms.